The topological polar surface area (TPSA) is 75.3 Å². The molecule has 116 valence electrons. The lowest BCUT2D eigenvalue weighted by Gasteiger charge is -2.16. The maximum absolute atomic E-state index is 5.78. The number of amidine groups is 1. The van der Waals surface area contributed by atoms with Crippen molar-refractivity contribution in [2.45, 2.75) is 27.2 Å². The highest BCUT2D eigenvalue weighted by Gasteiger charge is 2.16. The van der Waals surface area contributed by atoms with Crippen LogP contribution < -0.4 is 19.9 Å². The van der Waals surface area contributed by atoms with Crippen LogP contribution in [0.25, 0.3) is 0 Å². The largest absolute Gasteiger partial charge is 0.493 e. The molecule has 1 aliphatic heterocycles. The Hall–Kier alpha value is -2.11. The monoisotopic (exact) mass is 294 g/mol. The second kappa shape index (κ2) is 6.56. The highest BCUT2D eigenvalue weighted by Crippen LogP contribution is 2.35. The fourth-order valence-electron chi connectivity index (χ4n) is 1.53. The molecule has 2 rings (SSSR count). The quantitative estimate of drug-likeness (QED) is 0.377. The van der Waals surface area contributed by atoms with Crippen molar-refractivity contribution in [2.75, 3.05) is 20.0 Å². The van der Waals surface area contributed by atoms with E-state index < -0.39 is 0 Å². The third-order valence-corrected chi connectivity index (χ3v) is 2.92. The van der Waals surface area contributed by atoms with Gasteiger partial charge in [-0.15, -0.1) is 0 Å². The van der Waals surface area contributed by atoms with Gasteiger partial charge in [-0.2, -0.15) is 0 Å². The smallest absolute Gasteiger partial charge is 0.231 e. The van der Waals surface area contributed by atoms with Gasteiger partial charge >= 0.3 is 0 Å². The van der Waals surface area contributed by atoms with Crippen molar-refractivity contribution in [3.63, 3.8) is 0 Å². The molecule has 1 aliphatic rings. The Morgan fingerprint density at radius 2 is 2.00 bits per heavy atom. The van der Waals surface area contributed by atoms with Crippen LogP contribution >= 0.6 is 0 Å². The van der Waals surface area contributed by atoms with Gasteiger partial charge in [0.1, 0.15) is 18.2 Å². The molecule has 0 spiro atoms. The first-order chi connectivity index (χ1) is 9.97. The average molecular weight is 294 g/mol. The lowest BCUT2D eigenvalue weighted by atomic mass is 9.96. The molecule has 0 atom stereocenters. The van der Waals surface area contributed by atoms with Crippen LogP contribution in [0.4, 0.5) is 0 Å². The summed E-state index contributed by atoms with van der Waals surface area (Å²) in [6.45, 7) is 7.21. The number of hydrogen-bond donors (Lipinski definition) is 1. The molecule has 1 aromatic rings. The molecule has 0 unspecified atom stereocenters. The van der Waals surface area contributed by atoms with E-state index in [9.17, 15) is 0 Å². The molecular formula is C15H22N2O4. The first-order valence-electron chi connectivity index (χ1n) is 6.95. The normalized spacial score (nSPS) is 14.1. The van der Waals surface area contributed by atoms with E-state index in [0.29, 0.717) is 24.8 Å². The number of fused-ring (bicyclic) bond motifs is 1. The Bertz CT molecular complexity index is 509. The fraction of sp³-hybridized carbons (Fsp3) is 0.533. The predicted molar refractivity (Wildman–Crippen MR) is 79.7 cm³/mol. The summed E-state index contributed by atoms with van der Waals surface area (Å²) in [5, 5.41) is 3.89. The van der Waals surface area contributed by atoms with Crippen LogP contribution in [0.5, 0.6) is 17.2 Å². The summed E-state index contributed by atoms with van der Waals surface area (Å²) in [4.78, 5) is 5.17. The van der Waals surface area contributed by atoms with Crippen molar-refractivity contribution in [1.82, 2.24) is 0 Å². The van der Waals surface area contributed by atoms with Crippen molar-refractivity contribution in [3.8, 4) is 17.2 Å². The van der Waals surface area contributed by atoms with Crippen LogP contribution in [-0.2, 0) is 4.84 Å². The van der Waals surface area contributed by atoms with Crippen LogP contribution in [0, 0.1) is 5.41 Å². The summed E-state index contributed by atoms with van der Waals surface area (Å²) >= 11 is 0. The molecule has 0 radical (unpaired) electrons. The van der Waals surface area contributed by atoms with E-state index in [2.05, 4.69) is 5.16 Å². The molecule has 6 nitrogen and oxygen atoms in total. The van der Waals surface area contributed by atoms with E-state index in [1.165, 1.54) is 0 Å². The molecule has 6 heteroatoms. The second-order valence-corrected chi connectivity index (χ2v) is 5.78. The van der Waals surface area contributed by atoms with Gasteiger partial charge in [-0.1, -0.05) is 25.9 Å². The zero-order chi connectivity index (χ0) is 15.3. The minimum Gasteiger partial charge on any atom is -0.493 e. The fourth-order valence-corrected chi connectivity index (χ4v) is 1.53. The minimum atomic E-state index is -0.178. The average Bonchev–Trinajstić information content (AvgIpc) is 2.88. The Morgan fingerprint density at radius 3 is 2.76 bits per heavy atom. The van der Waals surface area contributed by atoms with E-state index in [1.54, 1.807) is 0 Å². The second-order valence-electron chi connectivity index (χ2n) is 5.78. The lowest BCUT2D eigenvalue weighted by Crippen LogP contribution is -2.29. The van der Waals surface area contributed by atoms with Gasteiger partial charge < -0.3 is 24.8 Å². The lowest BCUT2D eigenvalue weighted by molar-refractivity contribution is 0.125. The van der Waals surface area contributed by atoms with Crippen molar-refractivity contribution in [1.29, 1.82) is 0 Å². The molecule has 0 aromatic heterocycles. The molecule has 0 amide bonds. The SMILES string of the molecule is CC(C)(C)/C(N)=N/OCCCOc1ccc2c(c1)OCO2. The molecule has 0 bridgehead atoms. The van der Waals surface area contributed by atoms with Crippen molar-refractivity contribution in [2.24, 2.45) is 16.3 Å². The summed E-state index contributed by atoms with van der Waals surface area (Å²) in [6, 6.07) is 5.51. The molecule has 1 heterocycles. The van der Waals surface area contributed by atoms with Crippen LogP contribution in [0.15, 0.2) is 23.4 Å². The minimum absolute atomic E-state index is 0.178. The summed E-state index contributed by atoms with van der Waals surface area (Å²) in [5.74, 6) is 2.69. The highest BCUT2D eigenvalue weighted by molar-refractivity contribution is 5.84. The van der Waals surface area contributed by atoms with Gasteiger partial charge in [0.05, 0.1) is 6.61 Å². The standard InChI is InChI=1S/C15H22N2O4/c1-15(2,3)14(16)17-21-8-4-7-18-11-5-6-12-13(9-11)20-10-19-12/h5-6,9H,4,7-8,10H2,1-3H3,(H2,16,17). The maximum atomic E-state index is 5.78. The summed E-state index contributed by atoms with van der Waals surface area (Å²) in [7, 11) is 0. The Morgan fingerprint density at radius 1 is 1.24 bits per heavy atom. The number of rotatable bonds is 6. The first kappa shape index (κ1) is 15.3. The number of nitrogens with zero attached hydrogens (tertiary/aromatic N) is 1. The highest BCUT2D eigenvalue weighted by atomic mass is 16.7. The van der Waals surface area contributed by atoms with E-state index in [-0.39, 0.29) is 12.2 Å². The van der Waals surface area contributed by atoms with Crippen LogP contribution in [0.2, 0.25) is 0 Å². The Labute approximate surface area is 124 Å². The van der Waals surface area contributed by atoms with Gasteiger partial charge in [-0.3, -0.25) is 0 Å². The van der Waals surface area contributed by atoms with Gasteiger partial charge in [0.2, 0.25) is 6.79 Å². The molecule has 1 aromatic carbocycles. The number of oxime groups is 1. The van der Waals surface area contributed by atoms with Crippen molar-refractivity contribution >= 4 is 5.84 Å². The summed E-state index contributed by atoms with van der Waals surface area (Å²) in [5.41, 5.74) is 5.60. The van der Waals surface area contributed by atoms with E-state index in [1.807, 2.05) is 39.0 Å². The number of benzene rings is 1. The van der Waals surface area contributed by atoms with E-state index in [4.69, 9.17) is 24.8 Å². The van der Waals surface area contributed by atoms with Crippen molar-refractivity contribution in [3.05, 3.63) is 18.2 Å². The van der Waals surface area contributed by atoms with Crippen LogP contribution in [0.3, 0.4) is 0 Å². The van der Waals surface area contributed by atoms with Gasteiger partial charge in [-0.05, 0) is 12.1 Å². The predicted octanol–water partition coefficient (Wildman–Crippen LogP) is 2.52. The maximum Gasteiger partial charge on any atom is 0.231 e. The summed E-state index contributed by atoms with van der Waals surface area (Å²) in [6.07, 6.45) is 0.718. The van der Waals surface area contributed by atoms with E-state index >= 15 is 0 Å². The summed E-state index contributed by atoms with van der Waals surface area (Å²) < 4.78 is 16.1. The Kier molecular flexibility index (Phi) is 4.77. The van der Waals surface area contributed by atoms with Gasteiger partial charge in [0.25, 0.3) is 0 Å². The van der Waals surface area contributed by atoms with Crippen LogP contribution in [-0.4, -0.2) is 25.8 Å². The molecule has 0 aliphatic carbocycles. The first-order valence-corrected chi connectivity index (χ1v) is 6.95. The molecule has 2 N–H and O–H groups in total. The number of hydrogen-bond acceptors (Lipinski definition) is 5. The van der Waals surface area contributed by atoms with Gasteiger partial charge in [0.15, 0.2) is 11.5 Å². The third kappa shape index (κ3) is 4.44. The number of nitrogens with two attached hydrogens (primary N) is 1. The molecule has 0 fully saturated rings. The van der Waals surface area contributed by atoms with Crippen molar-refractivity contribution < 1.29 is 19.0 Å². The van der Waals surface area contributed by atoms with Crippen LogP contribution in [0.1, 0.15) is 27.2 Å². The Balaban J connectivity index is 1.66. The molecule has 21 heavy (non-hydrogen) atoms. The third-order valence-electron chi connectivity index (χ3n) is 2.92. The molecule has 0 saturated carbocycles. The molecular weight excluding hydrogens is 272 g/mol. The molecule has 0 saturated heterocycles. The zero-order valence-electron chi connectivity index (χ0n) is 12.7. The number of ether oxygens (including phenoxy) is 3. The van der Waals surface area contributed by atoms with Gasteiger partial charge in [0, 0.05) is 17.9 Å². The zero-order valence-corrected chi connectivity index (χ0v) is 12.7. The van der Waals surface area contributed by atoms with Gasteiger partial charge in [-0.25, -0.2) is 0 Å². The van der Waals surface area contributed by atoms with E-state index in [0.717, 1.165) is 17.9 Å².